The first kappa shape index (κ1) is 27.2. The van der Waals surface area contributed by atoms with Crippen molar-refractivity contribution in [2.45, 2.75) is 72.1 Å². The molecule has 6 nitrogen and oxygen atoms in total. The topological polar surface area (TPSA) is 105 Å². The van der Waals surface area contributed by atoms with E-state index in [0.29, 0.717) is 0 Å². The third-order valence-electron chi connectivity index (χ3n) is 3.68. The number of ketones is 1. The van der Waals surface area contributed by atoms with Gasteiger partial charge < -0.3 is 21.2 Å². The molecule has 6 heteroatoms. The molecule has 0 aromatic heterocycles. The highest BCUT2D eigenvalue weighted by atomic mass is 16.5. The van der Waals surface area contributed by atoms with E-state index in [0.717, 1.165) is 24.9 Å². The van der Waals surface area contributed by atoms with Crippen LogP contribution in [-0.4, -0.2) is 36.6 Å². The lowest BCUT2D eigenvalue weighted by Gasteiger charge is -2.27. The van der Waals surface area contributed by atoms with Crippen LogP contribution in [0.3, 0.4) is 0 Å². The normalized spacial score (nSPS) is 11.2. The van der Waals surface area contributed by atoms with Crippen LogP contribution >= 0.6 is 0 Å². The van der Waals surface area contributed by atoms with Gasteiger partial charge in [0, 0.05) is 2.85 Å². The zero-order valence-corrected chi connectivity index (χ0v) is 17.5. The number of Topliss-reactive ketones (excluding diaryl/α,β-unsaturated/α-hetero) is 1. The van der Waals surface area contributed by atoms with Crippen LogP contribution in [0.4, 0.5) is 0 Å². The average Bonchev–Trinajstić information content (AvgIpc) is 2.69. The Hall–Kier alpha value is -2.05. The maximum atomic E-state index is 12.4. The molecule has 1 rings (SSSR count). The Morgan fingerprint density at radius 1 is 1.26 bits per heavy atom. The Morgan fingerprint density at radius 2 is 1.81 bits per heavy atom. The summed E-state index contributed by atoms with van der Waals surface area (Å²) in [5.74, 6) is -0.635. The number of carbonyl (C=O) groups excluding carboxylic acids is 2. The minimum Gasteiger partial charge on any atom is -0.461 e. The van der Waals surface area contributed by atoms with Gasteiger partial charge >= 0.3 is 5.97 Å². The molecule has 1 aromatic rings. The molecule has 0 aliphatic carbocycles. The molecule has 1 atom stereocenters. The first-order valence-corrected chi connectivity index (χ1v) is 9.46. The van der Waals surface area contributed by atoms with Crippen molar-refractivity contribution in [1.82, 2.24) is 5.32 Å². The Morgan fingerprint density at radius 3 is 2.33 bits per heavy atom. The predicted molar refractivity (Wildman–Crippen MR) is 116 cm³/mol. The molecule has 0 fully saturated rings. The lowest BCUT2D eigenvalue weighted by atomic mass is 9.92. The summed E-state index contributed by atoms with van der Waals surface area (Å²) in [4.78, 5) is 24.2. The number of rotatable bonds is 10. The van der Waals surface area contributed by atoms with E-state index < -0.39 is 17.6 Å². The number of ether oxygens (including phenoxy) is 1. The van der Waals surface area contributed by atoms with Crippen LogP contribution in [0, 0.1) is 5.41 Å². The molecule has 4 N–H and O–H groups in total. The molecule has 0 spiro atoms. The third-order valence-corrected chi connectivity index (χ3v) is 3.68. The van der Waals surface area contributed by atoms with E-state index in [4.69, 9.17) is 15.9 Å². The highest BCUT2D eigenvalue weighted by molar-refractivity contribution is 5.94. The molecule has 0 amide bonds. The highest BCUT2D eigenvalue weighted by Gasteiger charge is 2.32. The average molecular weight is 384 g/mol. The lowest BCUT2D eigenvalue weighted by molar-refractivity contribution is -0.147. The summed E-state index contributed by atoms with van der Waals surface area (Å²) in [7, 11) is 0. The molecule has 0 saturated heterocycles. The van der Waals surface area contributed by atoms with Gasteiger partial charge in [0.15, 0.2) is 5.78 Å². The number of hydrogen-bond donors (Lipinski definition) is 3. The number of esters is 1. The lowest BCUT2D eigenvalue weighted by Crippen LogP contribution is -2.54. The number of carbonyl (C=O) groups is 2. The van der Waals surface area contributed by atoms with Gasteiger partial charge in [0.1, 0.15) is 6.61 Å². The molecule has 27 heavy (non-hydrogen) atoms. The number of nitrogens with one attached hydrogen (secondary N) is 2. The Labute approximate surface area is 167 Å². The van der Waals surface area contributed by atoms with E-state index in [-0.39, 0.29) is 21.7 Å². The summed E-state index contributed by atoms with van der Waals surface area (Å²) >= 11 is 0. The second-order valence-electron chi connectivity index (χ2n) is 6.23. The van der Waals surface area contributed by atoms with E-state index in [1.165, 1.54) is 0 Å². The fourth-order valence-electron chi connectivity index (χ4n) is 2.20. The summed E-state index contributed by atoms with van der Waals surface area (Å²) in [6, 6.07) is 8.54. The van der Waals surface area contributed by atoms with Gasteiger partial charge in [0.05, 0.1) is 18.0 Å². The third kappa shape index (κ3) is 12.0. The molecule has 0 aliphatic heterocycles. The van der Waals surface area contributed by atoms with Crippen LogP contribution < -0.4 is 11.1 Å². The Balaban J connectivity index is -0.000000488. The van der Waals surface area contributed by atoms with Gasteiger partial charge in [-0.2, -0.15) is 0 Å². The molecule has 0 radical (unpaired) electrons. The summed E-state index contributed by atoms with van der Waals surface area (Å²) < 4.78 is 5.17. The Kier molecular flexibility index (Phi) is 16.3. The van der Waals surface area contributed by atoms with Crippen molar-refractivity contribution < 1.29 is 17.2 Å². The smallest absolute Gasteiger partial charge is 0.308 e. The van der Waals surface area contributed by atoms with Crippen molar-refractivity contribution in [3.8, 4) is 0 Å². The van der Waals surface area contributed by atoms with Gasteiger partial charge in [-0.3, -0.25) is 9.59 Å². The summed E-state index contributed by atoms with van der Waals surface area (Å²) in [6.45, 7) is 13.1. The molecule has 0 heterocycles. The maximum absolute atomic E-state index is 12.4. The molecule has 0 saturated carbocycles. The minimum atomic E-state index is -0.859. The summed E-state index contributed by atoms with van der Waals surface area (Å²) in [5, 5.41) is 8.69. The predicted octanol–water partition coefficient (Wildman–Crippen LogP) is 3.97. The number of unbranched alkanes of at least 4 members (excludes halogenated alkanes) is 1. The quantitative estimate of drug-likeness (QED) is 0.322. The van der Waals surface area contributed by atoms with Crippen LogP contribution in [0.2, 0.25) is 0 Å². The number of benzene rings is 1. The van der Waals surface area contributed by atoms with Gasteiger partial charge in [0.2, 0.25) is 0 Å². The fourth-order valence-corrected chi connectivity index (χ4v) is 2.20. The van der Waals surface area contributed by atoms with Crippen molar-refractivity contribution in [1.29, 1.82) is 5.41 Å². The zero-order valence-electron chi connectivity index (χ0n) is 17.5. The monoisotopic (exact) mass is 383 g/mol. The first-order valence-electron chi connectivity index (χ1n) is 9.46. The van der Waals surface area contributed by atoms with Crippen LogP contribution in [0.15, 0.2) is 30.3 Å². The number of nitrogens with two attached hydrogens (primary N) is 1. The molecule has 0 bridgehead atoms. The van der Waals surface area contributed by atoms with Crippen molar-refractivity contribution in [2.24, 2.45) is 5.73 Å². The molecular weight excluding hydrogens is 342 g/mol. The van der Waals surface area contributed by atoms with E-state index in [2.05, 4.69) is 19.0 Å². The first-order chi connectivity index (χ1) is 12.9. The Bertz CT molecular complexity index is 529. The number of hydrogen-bond acceptors (Lipinski definition) is 6. The standard InChI is InChI=1S/C18H28N2O3.C2H6.CH3N.2H2/c1-4-5-11-20-18(2,3)17(22)15(19)12-16(21)23-13-14-9-7-6-8-10-14;2*1-2;;/h6-10,15,20H,4-5,11-13,19H2,1-3H3;1-2H3;2H,1H2;2*1H. The van der Waals surface area contributed by atoms with Crippen LogP contribution in [0.5, 0.6) is 0 Å². The minimum absolute atomic E-state index is 0. The van der Waals surface area contributed by atoms with Gasteiger partial charge in [-0.15, -0.1) is 0 Å². The van der Waals surface area contributed by atoms with Crippen molar-refractivity contribution >= 4 is 18.5 Å². The van der Waals surface area contributed by atoms with E-state index >= 15 is 0 Å². The maximum Gasteiger partial charge on any atom is 0.308 e. The van der Waals surface area contributed by atoms with Gasteiger partial charge in [-0.05, 0) is 39.1 Å². The molecule has 0 aliphatic rings. The van der Waals surface area contributed by atoms with Gasteiger partial charge in [-0.25, -0.2) is 0 Å². The second kappa shape index (κ2) is 16.1. The SMILES string of the molecule is C=N.CC.CCCCNC(C)(C)C(=O)C(N)CC(=O)OCc1ccccc1.[HH].[HH]. The zero-order chi connectivity index (χ0) is 21.3. The van der Waals surface area contributed by atoms with Crippen molar-refractivity contribution in [3.63, 3.8) is 0 Å². The molecular formula is C21H41N3O3. The van der Waals surface area contributed by atoms with E-state index in [1.807, 2.05) is 44.2 Å². The molecule has 1 aromatic carbocycles. The second-order valence-corrected chi connectivity index (χ2v) is 6.23. The van der Waals surface area contributed by atoms with Gasteiger partial charge in [-0.1, -0.05) is 57.5 Å². The molecule has 158 valence electrons. The summed E-state index contributed by atoms with van der Waals surface area (Å²) in [6.07, 6.45) is 1.94. The largest absolute Gasteiger partial charge is 0.461 e. The van der Waals surface area contributed by atoms with Crippen LogP contribution in [0.25, 0.3) is 0 Å². The molecule has 1 unspecified atom stereocenters. The fraction of sp³-hybridized carbons (Fsp3) is 0.571. The van der Waals surface area contributed by atoms with E-state index in [1.54, 1.807) is 13.8 Å². The van der Waals surface area contributed by atoms with Crippen LogP contribution in [0.1, 0.15) is 62.3 Å². The van der Waals surface area contributed by atoms with Crippen molar-refractivity contribution in [2.75, 3.05) is 6.54 Å². The van der Waals surface area contributed by atoms with E-state index in [9.17, 15) is 9.59 Å². The summed E-state index contributed by atoms with van der Waals surface area (Å²) in [5.41, 5.74) is 6.05. The van der Waals surface area contributed by atoms with Gasteiger partial charge in [0.25, 0.3) is 0 Å². The highest BCUT2D eigenvalue weighted by Crippen LogP contribution is 2.10. The van der Waals surface area contributed by atoms with Crippen molar-refractivity contribution in [3.05, 3.63) is 35.9 Å². The van der Waals surface area contributed by atoms with Crippen LogP contribution in [-0.2, 0) is 20.9 Å².